The minimum Gasteiger partial charge on any atom is -0.309 e. The molecule has 0 aliphatic rings. The van der Waals surface area contributed by atoms with Crippen LogP contribution >= 0.6 is 23.2 Å². The number of nitrogens with one attached hydrogen (secondary N) is 1. The fourth-order valence-corrected chi connectivity index (χ4v) is 2.01. The van der Waals surface area contributed by atoms with Crippen LogP contribution in [0.4, 0.5) is 0 Å². The van der Waals surface area contributed by atoms with Crippen molar-refractivity contribution in [2.75, 3.05) is 0 Å². The molecule has 3 nitrogen and oxygen atoms in total. The molecular weight excluding hydrogens is 281 g/mol. The second-order valence-corrected chi connectivity index (χ2v) is 4.77. The molecule has 0 aliphatic heterocycles. The van der Waals surface area contributed by atoms with Gasteiger partial charge in [-0.3, -0.25) is 0 Å². The van der Waals surface area contributed by atoms with Crippen LogP contribution in [0.2, 0.25) is 10.0 Å². The lowest BCUT2D eigenvalue weighted by Gasteiger charge is -2.07. The van der Waals surface area contributed by atoms with E-state index in [9.17, 15) is 0 Å². The Morgan fingerprint density at radius 1 is 1.16 bits per heavy atom. The number of halogens is 2. The summed E-state index contributed by atoms with van der Waals surface area (Å²) in [6, 6.07) is 11.1. The summed E-state index contributed by atoms with van der Waals surface area (Å²) in [4.78, 5) is 4.01. The predicted octanol–water partition coefficient (Wildman–Crippen LogP) is 3.55. The number of rotatable bonds is 4. The molecule has 1 aromatic heterocycles. The molecule has 0 amide bonds. The fraction of sp³-hybridized carbons (Fsp3) is 0.143. The quantitative estimate of drug-likeness (QED) is 0.937. The fourth-order valence-electron chi connectivity index (χ4n) is 1.62. The van der Waals surface area contributed by atoms with Gasteiger partial charge in [0.1, 0.15) is 11.8 Å². The maximum absolute atomic E-state index is 8.65. The average Bonchev–Trinajstić information content (AvgIpc) is 2.44. The molecular formula is C14H11Cl2N3. The molecule has 0 spiro atoms. The van der Waals surface area contributed by atoms with Gasteiger partial charge in [0, 0.05) is 19.3 Å². The van der Waals surface area contributed by atoms with Gasteiger partial charge >= 0.3 is 0 Å². The third-order valence-corrected chi connectivity index (χ3v) is 3.47. The van der Waals surface area contributed by atoms with E-state index in [0.717, 1.165) is 11.1 Å². The number of aromatic nitrogens is 1. The molecule has 0 fully saturated rings. The molecule has 0 radical (unpaired) electrons. The first-order valence-electron chi connectivity index (χ1n) is 5.69. The lowest BCUT2D eigenvalue weighted by atomic mass is 10.2. The summed E-state index contributed by atoms with van der Waals surface area (Å²) >= 11 is 12.0. The van der Waals surface area contributed by atoms with Gasteiger partial charge in [0.05, 0.1) is 10.0 Å². The summed E-state index contributed by atoms with van der Waals surface area (Å²) in [7, 11) is 0. The molecule has 96 valence electrons. The highest BCUT2D eigenvalue weighted by Crippen LogP contribution is 2.25. The number of pyridine rings is 1. The summed E-state index contributed by atoms with van der Waals surface area (Å²) in [5.41, 5.74) is 2.38. The molecule has 19 heavy (non-hydrogen) atoms. The first-order chi connectivity index (χ1) is 9.20. The van der Waals surface area contributed by atoms with Crippen molar-refractivity contribution in [1.82, 2.24) is 10.3 Å². The topological polar surface area (TPSA) is 48.7 Å². The van der Waals surface area contributed by atoms with Gasteiger partial charge < -0.3 is 5.32 Å². The molecule has 1 N–H and O–H groups in total. The molecule has 1 heterocycles. The average molecular weight is 292 g/mol. The summed E-state index contributed by atoms with van der Waals surface area (Å²) in [5.74, 6) is 0. The molecule has 2 aromatic rings. The van der Waals surface area contributed by atoms with Crippen molar-refractivity contribution in [2.24, 2.45) is 0 Å². The van der Waals surface area contributed by atoms with Gasteiger partial charge in [0.25, 0.3) is 0 Å². The van der Waals surface area contributed by atoms with Crippen molar-refractivity contribution in [3.8, 4) is 6.07 Å². The molecule has 1 aromatic carbocycles. The van der Waals surface area contributed by atoms with Crippen molar-refractivity contribution in [3.63, 3.8) is 0 Å². The maximum Gasteiger partial charge on any atom is 0.140 e. The Bertz CT molecular complexity index is 603. The van der Waals surface area contributed by atoms with E-state index in [1.807, 2.05) is 24.3 Å². The molecule has 0 saturated heterocycles. The smallest absolute Gasteiger partial charge is 0.140 e. The lowest BCUT2D eigenvalue weighted by molar-refractivity contribution is 0.691. The molecule has 0 atom stereocenters. The van der Waals surface area contributed by atoms with Gasteiger partial charge in [0.2, 0.25) is 0 Å². The van der Waals surface area contributed by atoms with E-state index in [-0.39, 0.29) is 0 Å². The predicted molar refractivity (Wildman–Crippen MR) is 76.0 cm³/mol. The van der Waals surface area contributed by atoms with Gasteiger partial charge in [-0.2, -0.15) is 5.26 Å². The van der Waals surface area contributed by atoms with Crippen molar-refractivity contribution in [3.05, 3.63) is 63.4 Å². The van der Waals surface area contributed by atoms with Crippen molar-refractivity contribution in [2.45, 2.75) is 13.1 Å². The zero-order valence-corrected chi connectivity index (χ0v) is 11.5. The normalized spacial score (nSPS) is 10.2. The SMILES string of the molecule is N#Cc1ccc(CNCc2cccc(Cl)c2Cl)cn1. The molecule has 0 saturated carbocycles. The van der Waals surface area contributed by atoms with Crippen molar-refractivity contribution < 1.29 is 0 Å². The highest BCUT2D eigenvalue weighted by atomic mass is 35.5. The zero-order valence-electron chi connectivity index (χ0n) is 10.0. The van der Waals surface area contributed by atoms with Crippen LogP contribution in [0.25, 0.3) is 0 Å². The first-order valence-corrected chi connectivity index (χ1v) is 6.45. The second-order valence-electron chi connectivity index (χ2n) is 3.98. The van der Waals surface area contributed by atoms with E-state index in [2.05, 4.69) is 10.3 Å². The monoisotopic (exact) mass is 291 g/mol. The van der Waals surface area contributed by atoms with Crippen LogP contribution in [0, 0.1) is 11.3 Å². The number of hydrogen-bond donors (Lipinski definition) is 1. The van der Waals surface area contributed by atoms with Crippen LogP contribution in [0.3, 0.4) is 0 Å². The Kier molecular flexibility index (Phi) is 4.75. The standard InChI is InChI=1S/C14H11Cl2N3/c15-13-3-1-2-11(14(13)16)9-18-7-10-4-5-12(6-17)19-8-10/h1-5,8,18H,7,9H2. The molecule has 5 heteroatoms. The van der Waals surface area contributed by atoms with Gasteiger partial charge in [-0.1, -0.05) is 41.4 Å². The van der Waals surface area contributed by atoms with Crippen LogP contribution in [-0.2, 0) is 13.1 Å². The Hall–Kier alpha value is -1.60. The molecule has 0 unspecified atom stereocenters. The second kappa shape index (κ2) is 6.53. The van der Waals surface area contributed by atoms with E-state index < -0.39 is 0 Å². The summed E-state index contributed by atoms with van der Waals surface area (Å²) in [6.45, 7) is 1.28. The number of nitrogens with zero attached hydrogens (tertiary/aromatic N) is 2. The number of hydrogen-bond acceptors (Lipinski definition) is 3. The van der Waals surface area contributed by atoms with Gasteiger partial charge in [-0.25, -0.2) is 4.98 Å². The van der Waals surface area contributed by atoms with Crippen molar-refractivity contribution in [1.29, 1.82) is 5.26 Å². The largest absolute Gasteiger partial charge is 0.309 e. The van der Waals surface area contributed by atoms with E-state index in [0.29, 0.717) is 28.8 Å². The van der Waals surface area contributed by atoms with Crippen LogP contribution in [0.15, 0.2) is 36.5 Å². The van der Waals surface area contributed by atoms with Gasteiger partial charge in [0.15, 0.2) is 0 Å². The van der Waals surface area contributed by atoms with E-state index in [1.165, 1.54) is 0 Å². The molecule has 0 bridgehead atoms. The Balaban J connectivity index is 1.93. The van der Waals surface area contributed by atoms with Crippen LogP contribution < -0.4 is 5.32 Å². The van der Waals surface area contributed by atoms with Crippen molar-refractivity contribution >= 4 is 23.2 Å². The van der Waals surface area contributed by atoms with Gasteiger partial charge in [-0.05, 0) is 23.3 Å². The number of benzene rings is 1. The maximum atomic E-state index is 8.65. The first kappa shape index (κ1) is 13.8. The minimum absolute atomic E-state index is 0.418. The highest BCUT2D eigenvalue weighted by Gasteiger charge is 2.03. The Morgan fingerprint density at radius 2 is 2.00 bits per heavy atom. The van der Waals surface area contributed by atoms with E-state index >= 15 is 0 Å². The lowest BCUT2D eigenvalue weighted by Crippen LogP contribution is -2.13. The summed E-state index contributed by atoms with van der Waals surface area (Å²) in [5, 5.41) is 13.0. The van der Waals surface area contributed by atoms with Crippen LogP contribution in [0.1, 0.15) is 16.8 Å². The Morgan fingerprint density at radius 3 is 2.68 bits per heavy atom. The summed E-state index contributed by atoms with van der Waals surface area (Å²) < 4.78 is 0. The summed E-state index contributed by atoms with van der Waals surface area (Å²) in [6.07, 6.45) is 1.69. The molecule has 0 aliphatic carbocycles. The third-order valence-electron chi connectivity index (χ3n) is 2.62. The number of nitriles is 1. The van der Waals surface area contributed by atoms with Crippen LogP contribution in [-0.4, -0.2) is 4.98 Å². The van der Waals surface area contributed by atoms with E-state index in [1.54, 1.807) is 18.3 Å². The third kappa shape index (κ3) is 3.68. The minimum atomic E-state index is 0.418. The van der Waals surface area contributed by atoms with E-state index in [4.69, 9.17) is 28.5 Å². The van der Waals surface area contributed by atoms with Gasteiger partial charge in [-0.15, -0.1) is 0 Å². The Labute approximate surface area is 121 Å². The zero-order chi connectivity index (χ0) is 13.7. The highest BCUT2D eigenvalue weighted by molar-refractivity contribution is 6.42. The molecule has 2 rings (SSSR count). The van der Waals surface area contributed by atoms with Crippen LogP contribution in [0.5, 0.6) is 0 Å².